The number of carbonyl (C=O) groups is 2. The molecule has 1 aromatic carbocycles. The molecule has 3 aliphatic heterocycles. The van der Waals surface area contributed by atoms with Gasteiger partial charge in [0.15, 0.2) is 0 Å². The lowest BCUT2D eigenvalue weighted by Crippen LogP contribution is -2.48. The van der Waals surface area contributed by atoms with Gasteiger partial charge in [0.25, 0.3) is 5.91 Å². The van der Waals surface area contributed by atoms with Gasteiger partial charge in [0, 0.05) is 50.1 Å². The summed E-state index contributed by atoms with van der Waals surface area (Å²) in [6.45, 7) is 4.49. The minimum atomic E-state index is 0.0738. The normalized spacial score (nSPS) is 22.0. The van der Waals surface area contributed by atoms with Crippen LogP contribution in [0.15, 0.2) is 42.7 Å². The molecule has 142 valence electrons. The minimum absolute atomic E-state index is 0.0738. The molecule has 6 nitrogen and oxygen atoms in total. The van der Waals surface area contributed by atoms with E-state index in [1.807, 2.05) is 57.8 Å². The van der Waals surface area contributed by atoms with E-state index in [4.69, 9.17) is 0 Å². The van der Waals surface area contributed by atoms with E-state index in [2.05, 4.69) is 4.98 Å². The maximum atomic E-state index is 13.0. The summed E-state index contributed by atoms with van der Waals surface area (Å²) in [5.41, 5.74) is 0.725. The summed E-state index contributed by atoms with van der Waals surface area (Å²) in [7, 11) is 0. The molecule has 2 atom stereocenters. The fourth-order valence-electron chi connectivity index (χ4n) is 4.35. The standard InChI is InChI=1S/C21H26N4O2/c1-2-19-22-10-11-23(19)15-20(26)25-13-16-8-9-18(25)14-24(12-16)21(27)17-6-4-3-5-7-17/h3-7,10-11,16,18H,2,8-9,12-15H2,1H3/t16-,18+/m0/s1. The molecule has 3 saturated heterocycles. The summed E-state index contributed by atoms with van der Waals surface area (Å²) in [6.07, 6.45) is 6.49. The second kappa shape index (κ2) is 7.55. The number of nitrogens with zero attached hydrogens (tertiary/aromatic N) is 4. The second-order valence-corrected chi connectivity index (χ2v) is 7.54. The number of hydrogen-bond acceptors (Lipinski definition) is 3. The van der Waals surface area contributed by atoms with Crippen molar-refractivity contribution in [3.8, 4) is 0 Å². The third-order valence-corrected chi connectivity index (χ3v) is 5.77. The van der Waals surface area contributed by atoms with Gasteiger partial charge in [-0.3, -0.25) is 9.59 Å². The van der Waals surface area contributed by atoms with Crippen LogP contribution in [-0.4, -0.2) is 56.8 Å². The van der Waals surface area contributed by atoms with Crippen molar-refractivity contribution in [1.82, 2.24) is 19.4 Å². The molecule has 1 aromatic heterocycles. The molecule has 2 aromatic rings. The number of imidazole rings is 1. The molecule has 0 unspecified atom stereocenters. The van der Waals surface area contributed by atoms with E-state index in [1.54, 1.807) is 6.20 Å². The first-order valence-corrected chi connectivity index (χ1v) is 9.79. The summed E-state index contributed by atoms with van der Waals surface area (Å²) < 4.78 is 1.94. The van der Waals surface area contributed by atoms with Crippen molar-refractivity contribution >= 4 is 11.8 Å². The topological polar surface area (TPSA) is 58.4 Å². The fourth-order valence-corrected chi connectivity index (χ4v) is 4.35. The van der Waals surface area contributed by atoms with E-state index in [0.29, 0.717) is 19.0 Å². The first-order valence-electron chi connectivity index (χ1n) is 9.79. The number of piperidine rings is 1. The summed E-state index contributed by atoms with van der Waals surface area (Å²) in [5, 5.41) is 0. The van der Waals surface area contributed by atoms with Gasteiger partial charge in [0.1, 0.15) is 12.4 Å². The Morgan fingerprint density at radius 3 is 2.70 bits per heavy atom. The van der Waals surface area contributed by atoms with E-state index >= 15 is 0 Å². The molecule has 27 heavy (non-hydrogen) atoms. The Labute approximate surface area is 159 Å². The van der Waals surface area contributed by atoms with Crippen molar-refractivity contribution in [3.63, 3.8) is 0 Å². The Morgan fingerprint density at radius 2 is 1.93 bits per heavy atom. The molecule has 0 radical (unpaired) electrons. The molecule has 0 spiro atoms. The van der Waals surface area contributed by atoms with Gasteiger partial charge in [0.2, 0.25) is 5.91 Å². The molecule has 4 heterocycles. The summed E-state index contributed by atoms with van der Waals surface area (Å²) in [4.78, 5) is 34.2. The predicted octanol–water partition coefficient (Wildman–Crippen LogP) is 2.21. The molecule has 0 aliphatic carbocycles. The number of benzene rings is 1. The Hall–Kier alpha value is -2.63. The number of fused-ring (bicyclic) bond motifs is 4. The van der Waals surface area contributed by atoms with Gasteiger partial charge in [-0.2, -0.15) is 0 Å². The van der Waals surface area contributed by atoms with Gasteiger partial charge >= 0.3 is 0 Å². The lowest BCUT2D eigenvalue weighted by Gasteiger charge is -2.36. The Bertz CT molecular complexity index is 817. The van der Waals surface area contributed by atoms with Crippen LogP contribution in [0, 0.1) is 5.92 Å². The molecule has 3 aliphatic rings. The SMILES string of the molecule is CCc1nccn1CC(=O)N1C[C@H]2CC[C@@H]1CN(C(=O)c1ccccc1)C2. The highest BCUT2D eigenvalue weighted by atomic mass is 16.2. The molecule has 6 heteroatoms. The van der Waals surface area contributed by atoms with E-state index in [-0.39, 0.29) is 17.9 Å². The molecule has 2 amide bonds. The van der Waals surface area contributed by atoms with E-state index in [0.717, 1.165) is 43.7 Å². The second-order valence-electron chi connectivity index (χ2n) is 7.54. The van der Waals surface area contributed by atoms with E-state index in [1.165, 1.54) is 0 Å². The number of amides is 2. The number of hydrogen-bond donors (Lipinski definition) is 0. The van der Waals surface area contributed by atoms with E-state index in [9.17, 15) is 9.59 Å². The minimum Gasteiger partial charge on any atom is -0.336 e. The summed E-state index contributed by atoms with van der Waals surface area (Å²) >= 11 is 0. The molecule has 0 saturated carbocycles. The van der Waals surface area contributed by atoms with Gasteiger partial charge in [-0.05, 0) is 30.9 Å². The highest BCUT2D eigenvalue weighted by molar-refractivity contribution is 5.94. The largest absolute Gasteiger partial charge is 0.336 e. The third kappa shape index (κ3) is 3.61. The zero-order valence-corrected chi connectivity index (χ0v) is 15.8. The number of aromatic nitrogens is 2. The van der Waals surface area contributed by atoms with Crippen LogP contribution in [0.25, 0.3) is 0 Å². The molecular weight excluding hydrogens is 340 g/mol. The Morgan fingerprint density at radius 1 is 1.11 bits per heavy atom. The van der Waals surface area contributed by atoms with Crippen LogP contribution in [0.3, 0.4) is 0 Å². The number of carbonyl (C=O) groups excluding carboxylic acids is 2. The fraction of sp³-hybridized carbons (Fsp3) is 0.476. The number of aryl methyl sites for hydroxylation is 1. The Kier molecular flexibility index (Phi) is 4.97. The third-order valence-electron chi connectivity index (χ3n) is 5.77. The lowest BCUT2D eigenvalue weighted by molar-refractivity contribution is -0.136. The van der Waals surface area contributed by atoms with Gasteiger partial charge in [-0.25, -0.2) is 4.98 Å². The maximum Gasteiger partial charge on any atom is 0.253 e. The quantitative estimate of drug-likeness (QED) is 0.834. The van der Waals surface area contributed by atoms with Crippen molar-refractivity contribution in [2.45, 2.75) is 38.8 Å². The van der Waals surface area contributed by atoms with Crippen molar-refractivity contribution in [2.75, 3.05) is 19.6 Å². The first-order chi connectivity index (χ1) is 13.2. The summed E-state index contributed by atoms with van der Waals surface area (Å²) in [5.74, 6) is 1.49. The lowest BCUT2D eigenvalue weighted by atomic mass is 9.95. The van der Waals surface area contributed by atoms with Crippen molar-refractivity contribution < 1.29 is 9.59 Å². The number of rotatable bonds is 4. The highest BCUT2D eigenvalue weighted by Gasteiger charge is 2.38. The van der Waals surface area contributed by atoms with Crippen LogP contribution < -0.4 is 0 Å². The van der Waals surface area contributed by atoms with Gasteiger partial charge < -0.3 is 14.4 Å². The van der Waals surface area contributed by atoms with Crippen LogP contribution in [0.1, 0.15) is 35.9 Å². The van der Waals surface area contributed by atoms with Gasteiger partial charge in [0.05, 0.1) is 0 Å². The van der Waals surface area contributed by atoms with Crippen LogP contribution in [0.2, 0.25) is 0 Å². The van der Waals surface area contributed by atoms with Crippen molar-refractivity contribution in [1.29, 1.82) is 0 Å². The van der Waals surface area contributed by atoms with Crippen molar-refractivity contribution in [2.24, 2.45) is 5.92 Å². The first kappa shape index (κ1) is 17.8. The average molecular weight is 366 g/mol. The Balaban J connectivity index is 1.48. The van der Waals surface area contributed by atoms with Crippen molar-refractivity contribution in [3.05, 3.63) is 54.1 Å². The van der Waals surface area contributed by atoms with E-state index < -0.39 is 0 Å². The monoisotopic (exact) mass is 366 g/mol. The van der Waals surface area contributed by atoms with Crippen LogP contribution in [-0.2, 0) is 17.8 Å². The summed E-state index contributed by atoms with van der Waals surface area (Å²) in [6, 6.07) is 9.55. The smallest absolute Gasteiger partial charge is 0.253 e. The van der Waals surface area contributed by atoms with Crippen LogP contribution >= 0.6 is 0 Å². The maximum absolute atomic E-state index is 13.0. The van der Waals surface area contributed by atoms with Crippen LogP contribution in [0.5, 0.6) is 0 Å². The zero-order valence-electron chi connectivity index (χ0n) is 15.8. The predicted molar refractivity (Wildman–Crippen MR) is 102 cm³/mol. The van der Waals surface area contributed by atoms with Crippen LogP contribution in [0.4, 0.5) is 0 Å². The van der Waals surface area contributed by atoms with Gasteiger partial charge in [-0.1, -0.05) is 25.1 Å². The zero-order chi connectivity index (χ0) is 18.8. The molecular formula is C21H26N4O2. The molecule has 0 N–H and O–H groups in total. The molecule has 5 rings (SSSR count). The highest BCUT2D eigenvalue weighted by Crippen LogP contribution is 2.29. The average Bonchev–Trinajstić information content (AvgIpc) is 2.94. The molecule has 3 fully saturated rings. The molecule has 2 bridgehead atoms. The van der Waals surface area contributed by atoms with Gasteiger partial charge in [-0.15, -0.1) is 0 Å².